The van der Waals surface area contributed by atoms with Gasteiger partial charge < -0.3 is 15.4 Å². The number of carbonyl (C=O) groups is 1. The third kappa shape index (κ3) is 5.24. The van der Waals surface area contributed by atoms with E-state index >= 15 is 0 Å². The minimum Gasteiger partial charge on any atom is -0.489 e. The Hall–Kier alpha value is -3.48. The third-order valence-electron chi connectivity index (χ3n) is 3.59. The van der Waals surface area contributed by atoms with Crippen molar-refractivity contribution in [3.8, 4) is 5.75 Å². The topological polar surface area (TPSA) is 89.0 Å². The summed E-state index contributed by atoms with van der Waals surface area (Å²) in [5.74, 6) is 0.749. The molecule has 0 radical (unpaired) electrons. The number of para-hydroxylation sites is 2. The number of pyridine rings is 1. The summed E-state index contributed by atoms with van der Waals surface area (Å²) in [6, 6.07) is 12.8. The van der Waals surface area contributed by atoms with Crippen LogP contribution in [0.1, 0.15) is 29.9 Å². The van der Waals surface area contributed by atoms with Gasteiger partial charge in [0.05, 0.1) is 11.8 Å². The smallest absolute Gasteiger partial charge is 0.270 e. The summed E-state index contributed by atoms with van der Waals surface area (Å²) in [6.45, 7) is 4.32. The summed E-state index contributed by atoms with van der Waals surface area (Å²) in [5.41, 5.74) is 1.98. The number of ether oxygens (including phenoxy) is 1. The second kappa shape index (κ2) is 8.75. The highest BCUT2D eigenvalue weighted by Crippen LogP contribution is 2.26. The molecule has 3 rings (SSSR count). The molecule has 0 bridgehead atoms. The van der Waals surface area contributed by atoms with Crippen molar-refractivity contribution < 1.29 is 9.53 Å². The predicted octanol–water partition coefficient (Wildman–Crippen LogP) is 3.33. The highest BCUT2D eigenvalue weighted by atomic mass is 16.5. The van der Waals surface area contributed by atoms with Crippen molar-refractivity contribution in [2.75, 3.05) is 5.32 Å². The number of amides is 1. The summed E-state index contributed by atoms with van der Waals surface area (Å²) in [5, 5.41) is 5.95. The highest BCUT2D eigenvalue weighted by Gasteiger charge is 2.11. The molecule has 0 atom stereocenters. The predicted molar refractivity (Wildman–Crippen MR) is 103 cm³/mol. The lowest BCUT2D eigenvalue weighted by molar-refractivity contribution is 0.0946. The number of benzene rings is 1. The molecule has 0 saturated heterocycles. The Kier molecular flexibility index (Phi) is 5.94. The zero-order valence-electron chi connectivity index (χ0n) is 15.2. The van der Waals surface area contributed by atoms with Crippen LogP contribution in [0.25, 0.3) is 0 Å². The molecular formula is C20H21N5O2. The molecule has 0 fully saturated rings. The molecule has 0 spiro atoms. The number of hydrogen-bond donors (Lipinski definition) is 2. The number of carbonyl (C=O) groups excluding carboxylic acids is 1. The Labute approximate surface area is 157 Å². The van der Waals surface area contributed by atoms with Gasteiger partial charge in [-0.15, -0.1) is 0 Å². The number of rotatable bonds is 7. The lowest BCUT2D eigenvalue weighted by Crippen LogP contribution is -2.24. The molecule has 2 N–H and O–H groups in total. The van der Waals surface area contributed by atoms with Gasteiger partial charge in [-0.05, 0) is 49.7 Å². The van der Waals surface area contributed by atoms with Crippen LogP contribution in [-0.4, -0.2) is 27.0 Å². The molecule has 7 heteroatoms. The molecule has 0 aliphatic rings. The van der Waals surface area contributed by atoms with E-state index in [4.69, 9.17) is 4.74 Å². The normalized spacial score (nSPS) is 10.5. The van der Waals surface area contributed by atoms with Gasteiger partial charge >= 0.3 is 0 Å². The Morgan fingerprint density at radius 2 is 1.85 bits per heavy atom. The Bertz CT molecular complexity index is 900. The maximum Gasteiger partial charge on any atom is 0.270 e. The Balaban J connectivity index is 1.69. The van der Waals surface area contributed by atoms with E-state index in [1.165, 1.54) is 0 Å². The molecule has 2 heterocycles. The van der Waals surface area contributed by atoms with Gasteiger partial charge in [-0.3, -0.25) is 9.78 Å². The quantitative estimate of drug-likeness (QED) is 0.669. The standard InChI is InChI=1S/C20H21N5O2/c1-14(2)27-18-6-4-3-5-16(18)24-20-22-12-9-17(25-20)19(26)23-13-15-7-10-21-11-8-15/h3-12,14H,13H2,1-2H3,(H,23,26)(H,22,24,25). The molecule has 7 nitrogen and oxygen atoms in total. The highest BCUT2D eigenvalue weighted by molar-refractivity contribution is 5.92. The van der Waals surface area contributed by atoms with E-state index in [9.17, 15) is 4.79 Å². The Morgan fingerprint density at radius 3 is 2.63 bits per heavy atom. The summed E-state index contributed by atoms with van der Waals surface area (Å²) in [4.78, 5) is 24.8. The van der Waals surface area contributed by atoms with Gasteiger partial charge in [0, 0.05) is 25.1 Å². The molecule has 3 aromatic rings. The van der Waals surface area contributed by atoms with Crippen LogP contribution < -0.4 is 15.4 Å². The maximum absolute atomic E-state index is 12.4. The molecule has 0 unspecified atom stereocenters. The van der Waals surface area contributed by atoms with Gasteiger partial charge in [-0.2, -0.15) is 0 Å². The molecule has 2 aromatic heterocycles. The minimum atomic E-state index is -0.274. The number of anilines is 2. The first-order valence-corrected chi connectivity index (χ1v) is 8.64. The van der Waals surface area contributed by atoms with Crippen molar-refractivity contribution in [1.29, 1.82) is 0 Å². The number of aromatic nitrogens is 3. The second-order valence-corrected chi connectivity index (χ2v) is 6.09. The Morgan fingerprint density at radius 1 is 1.07 bits per heavy atom. The zero-order chi connectivity index (χ0) is 19.1. The molecule has 27 heavy (non-hydrogen) atoms. The summed E-state index contributed by atoms with van der Waals surface area (Å²) in [6.07, 6.45) is 4.96. The molecule has 1 amide bonds. The third-order valence-corrected chi connectivity index (χ3v) is 3.59. The summed E-state index contributed by atoms with van der Waals surface area (Å²) < 4.78 is 5.78. The van der Waals surface area contributed by atoms with Gasteiger partial charge in [0.1, 0.15) is 11.4 Å². The largest absolute Gasteiger partial charge is 0.489 e. The van der Waals surface area contributed by atoms with Crippen molar-refractivity contribution in [3.63, 3.8) is 0 Å². The average Bonchev–Trinajstić information content (AvgIpc) is 2.68. The van der Waals surface area contributed by atoms with E-state index in [1.807, 2.05) is 50.2 Å². The molecule has 1 aromatic carbocycles. The first-order valence-electron chi connectivity index (χ1n) is 8.64. The van der Waals surface area contributed by atoms with Crippen LogP contribution in [0.4, 0.5) is 11.6 Å². The monoisotopic (exact) mass is 363 g/mol. The second-order valence-electron chi connectivity index (χ2n) is 6.09. The number of nitrogens with one attached hydrogen (secondary N) is 2. The van der Waals surface area contributed by atoms with Gasteiger partial charge in [0.2, 0.25) is 5.95 Å². The van der Waals surface area contributed by atoms with Crippen molar-refractivity contribution in [3.05, 3.63) is 72.3 Å². The molecular weight excluding hydrogens is 342 g/mol. The van der Waals surface area contributed by atoms with Crippen molar-refractivity contribution in [1.82, 2.24) is 20.3 Å². The van der Waals surface area contributed by atoms with Crippen LogP contribution in [0.15, 0.2) is 61.1 Å². The number of hydrogen-bond acceptors (Lipinski definition) is 6. The molecule has 0 saturated carbocycles. The van der Waals surface area contributed by atoms with Gasteiger partial charge in [-0.25, -0.2) is 9.97 Å². The van der Waals surface area contributed by atoms with E-state index in [1.54, 1.807) is 24.7 Å². The molecule has 0 aliphatic heterocycles. The van der Waals surface area contributed by atoms with E-state index in [0.29, 0.717) is 18.2 Å². The first-order chi connectivity index (χ1) is 13.1. The van der Waals surface area contributed by atoms with Crippen LogP contribution in [-0.2, 0) is 6.54 Å². The van der Waals surface area contributed by atoms with Crippen LogP contribution in [0.2, 0.25) is 0 Å². The fraction of sp³-hybridized carbons (Fsp3) is 0.200. The van der Waals surface area contributed by atoms with Crippen molar-refractivity contribution >= 4 is 17.5 Å². The molecule has 138 valence electrons. The van der Waals surface area contributed by atoms with E-state index in [-0.39, 0.29) is 17.7 Å². The van der Waals surface area contributed by atoms with E-state index < -0.39 is 0 Å². The van der Waals surface area contributed by atoms with Crippen molar-refractivity contribution in [2.45, 2.75) is 26.5 Å². The number of nitrogens with zero attached hydrogens (tertiary/aromatic N) is 3. The minimum absolute atomic E-state index is 0.0409. The summed E-state index contributed by atoms with van der Waals surface area (Å²) in [7, 11) is 0. The average molecular weight is 363 g/mol. The van der Waals surface area contributed by atoms with Gasteiger partial charge in [0.25, 0.3) is 5.91 Å². The maximum atomic E-state index is 12.4. The van der Waals surface area contributed by atoms with Gasteiger partial charge in [-0.1, -0.05) is 12.1 Å². The van der Waals surface area contributed by atoms with E-state index in [2.05, 4.69) is 25.6 Å². The SMILES string of the molecule is CC(C)Oc1ccccc1Nc1nccc(C(=O)NCc2ccncc2)n1. The van der Waals surface area contributed by atoms with Gasteiger partial charge in [0.15, 0.2) is 0 Å². The first kappa shape index (κ1) is 18.3. The lowest BCUT2D eigenvalue weighted by Gasteiger charge is -2.14. The summed E-state index contributed by atoms with van der Waals surface area (Å²) >= 11 is 0. The van der Waals surface area contributed by atoms with Crippen molar-refractivity contribution in [2.24, 2.45) is 0 Å². The van der Waals surface area contributed by atoms with E-state index in [0.717, 1.165) is 11.3 Å². The van der Waals surface area contributed by atoms with Crippen LogP contribution in [0.5, 0.6) is 5.75 Å². The van der Waals surface area contributed by atoms with Crippen LogP contribution in [0, 0.1) is 0 Å². The fourth-order valence-electron chi connectivity index (χ4n) is 2.37. The fourth-order valence-corrected chi connectivity index (χ4v) is 2.37. The molecule has 0 aliphatic carbocycles. The zero-order valence-corrected chi connectivity index (χ0v) is 15.2. The van der Waals surface area contributed by atoms with Crippen LogP contribution in [0.3, 0.4) is 0 Å². The van der Waals surface area contributed by atoms with Crippen LogP contribution >= 0.6 is 0 Å². The lowest BCUT2D eigenvalue weighted by atomic mass is 10.2.